The molecule has 1 heterocycles. The molecule has 0 unspecified atom stereocenters. The van der Waals surface area contributed by atoms with Crippen LogP contribution in [0.15, 0.2) is 18.1 Å². The summed E-state index contributed by atoms with van der Waals surface area (Å²) >= 11 is 0. The maximum Gasteiger partial charge on any atom is 0.127 e. The van der Waals surface area contributed by atoms with Crippen molar-refractivity contribution >= 4 is 0 Å². The molecule has 1 aliphatic rings. The van der Waals surface area contributed by atoms with Crippen LogP contribution in [-0.4, -0.2) is 29.2 Å². The van der Waals surface area contributed by atoms with Gasteiger partial charge in [0.25, 0.3) is 0 Å². The zero-order valence-corrected chi connectivity index (χ0v) is 14.6. The lowest BCUT2D eigenvalue weighted by atomic mass is 9.86. The maximum absolute atomic E-state index is 15.0. The molecule has 0 bridgehead atoms. The smallest absolute Gasteiger partial charge is 0.127 e. The van der Waals surface area contributed by atoms with Crippen molar-refractivity contribution in [3.63, 3.8) is 0 Å². The van der Waals surface area contributed by atoms with E-state index in [2.05, 4.69) is 0 Å². The Kier molecular flexibility index (Phi) is 2.95. The standard InChI is InChI=1S/C19H30FNO/c1-17(2,3)15-9-8-14(10-16(15)20)11-21-12-18(4,5)22-19(6,7)13-21/h8-10H,11-13H2,1-7H3/i8D,9D,10D,11D2. The van der Waals surface area contributed by atoms with E-state index in [1.807, 2.05) is 27.7 Å². The predicted octanol–water partition coefficient (Wildman–Crippen LogP) is 4.51. The average Bonchev–Trinajstić information content (AvgIpc) is 2.40. The molecule has 1 aromatic rings. The fourth-order valence-corrected chi connectivity index (χ4v) is 2.98. The van der Waals surface area contributed by atoms with Gasteiger partial charge >= 0.3 is 0 Å². The molecule has 22 heavy (non-hydrogen) atoms. The van der Waals surface area contributed by atoms with E-state index in [4.69, 9.17) is 11.6 Å². The molecule has 1 aromatic carbocycles. The van der Waals surface area contributed by atoms with Crippen LogP contribution in [0.5, 0.6) is 0 Å². The molecule has 0 aromatic heterocycles. The normalized spacial score (nSPS) is 25.7. The molecule has 0 N–H and O–H groups in total. The second-order valence-electron chi connectivity index (χ2n) is 8.28. The quantitative estimate of drug-likeness (QED) is 0.796. The van der Waals surface area contributed by atoms with Crippen molar-refractivity contribution in [1.29, 1.82) is 0 Å². The molecule has 1 aliphatic heterocycles. The molecule has 0 radical (unpaired) electrons. The topological polar surface area (TPSA) is 12.5 Å². The van der Waals surface area contributed by atoms with Gasteiger partial charge in [-0.15, -0.1) is 0 Å². The maximum atomic E-state index is 15.0. The number of halogens is 1. The molecule has 3 heteroatoms. The van der Waals surface area contributed by atoms with E-state index in [1.54, 1.807) is 20.8 Å². The van der Waals surface area contributed by atoms with Crippen LogP contribution in [0.4, 0.5) is 4.39 Å². The minimum atomic E-state index is -2.28. The molecule has 2 rings (SSSR count). The highest BCUT2D eigenvalue weighted by molar-refractivity contribution is 5.29. The van der Waals surface area contributed by atoms with Crippen LogP contribution in [0, 0.1) is 5.82 Å². The molecule has 0 saturated carbocycles. The van der Waals surface area contributed by atoms with Gasteiger partial charge in [0.05, 0.1) is 15.3 Å². The van der Waals surface area contributed by atoms with Crippen molar-refractivity contribution in [2.24, 2.45) is 0 Å². The molecular weight excluding hydrogens is 277 g/mol. The highest BCUT2D eigenvalue weighted by Crippen LogP contribution is 2.30. The average molecular weight is 312 g/mol. The highest BCUT2D eigenvalue weighted by atomic mass is 19.1. The van der Waals surface area contributed by atoms with Crippen LogP contribution in [0.1, 0.15) is 66.4 Å². The molecule has 2 nitrogen and oxygen atoms in total. The third-order valence-corrected chi connectivity index (χ3v) is 3.48. The van der Waals surface area contributed by atoms with E-state index in [1.165, 1.54) is 4.90 Å². The molecule has 1 fully saturated rings. The van der Waals surface area contributed by atoms with Crippen LogP contribution in [0.2, 0.25) is 0 Å². The minimum Gasteiger partial charge on any atom is -0.367 e. The van der Waals surface area contributed by atoms with Crippen LogP contribution in [0.3, 0.4) is 0 Å². The monoisotopic (exact) mass is 312 g/mol. The number of rotatable bonds is 2. The summed E-state index contributed by atoms with van der Waals surface area (Å²) in [4.78, 5) is 1.48. The Balaban J connectivity index is 2.67. The number of hydrogen-bond acceptors (Lipinski definition) is 2. The van der Waals surface area contributed by atoms with Crippen molar-refractivity contribution in [2.45, 2.75) is 71.6 Å². The Morgan fingerprint density at radius 1 is 1.23 bits per heavy atom. The van der Waals surface area contributed by atoms with E-state index in [-0.39, 0.29) is 24.7 Å². The zero-order valence-electron chi connectivity index (χ0n) is 19.6. The summed E-state index contributed by atoms with van der Waals surface area (Å²) in [6, 6.07) is -1.44. The van der Waals surface area contributed by atoms with Crippen molar-refractivity contribution in [3.05, 3.63) is 35.1 Å². The van der Waals surface area contributed by atoms with Crippen LogP contribution < -0.4 is 0 Å². The Morgan fingerprint density at radius 3 is 2.27 bits per heavy atom. The minimum absolute atomic E-state index is 0.0281. The van der Waals surface area contributed by atoms with Gasteiger partial charge in [0.2, 0.25) is 0 Å². The van der Waals surface area contributed by atoms with Crippen LogP contribution >= 0.6 is 0 Å². The lowest BCUT2D eigenvalue weighted by Gasteiger charge is -2.47. The first kappa shape index (κ1) is 11.6. The lowest BCUT2D eigenvalue weighted by molar-refractivity contribution is -0.182. The summed E-state index contributed by atoms with van der Waals surface area (Å²) in [5.41, 5.74) is -2.48. The largest absolute Gasteiger partial charge is 0.367 e. The first-order valence-corrected chi connectivity index (χ1v) is 7.66. The summed E-state index contributed by atoms with van der Waals surface area (Å²) in [6.45, 7) is 10.7. The van der Waals surface area contributed by atoms with Gasteiger partial charge < -0.3 is 4.74 Å². The third-order valence-electron chi connectivity index (χ3n) is 3.48. The van der Waals surface area contributed by atoms with E-state index >= 15 is 0 Å². The Morgan fingerprint density at radius 2 is 1.77 bits per heavy atom. The Labute approximate surface area is 141 Å². The fraction of sp³-hybridized carbons (Fsp3) is 0.684. The summed E-state index contributed by atoms with van der Waals surface area (Å²) < 4.78 is 63.2. The Bertz CT molecular complexity index is 710. The summed E-state index contributed by atoms with van der Waals surface area (Å²) in [5.74, 6) is -0.922. The number of nitrogens with zero attached hydrogens (tertiary/aromatic N) is 1. The molecule has 0 aliphatic carbocycles. The third kappa shape index (κ3) is 4.30. The van der Waals surface area contributed by atoms with Crippen LogP contribution in [0.25, 0.3) is 0 Å². The van der Waals surface area contributed by atoms with Gasteiger partial charge in [0.1, 0.15) is 5.82 Å². The predicted molar refractivity (Wildman–Crippen MR) is 89.6 cm³/mol. The molecule has 0 amide bonds. The Hall–Kier alpha value is -0.930. The van der Waals surface area contributed by atoms with Crippen molar-refractivity contribution in [1.82, 2.24) is 4.90 Å². The number of ether oxygens (including phenoxy) is 1. The molecule has 1 saturated heterocycles. The SMILES string of the molecule is [2H]c1c([2H])c(C([2H])([2H])N2CC(C)(C)OC(C)(C)C2)c([2H])c(F)c1C(C)(C)C. The molecule has 124 valence electrons. The second kappa shape index (κ2) is 5.61. The molecular formula is C19H30FNO. The van der Waals surface area contributed by atoms with Gasteiger partial charge in [0, 0.05) is 22.3 Å². The van der Waals surface area contributed by atoms with E-state index < -0.39 is 46.6 Å². The van der Waals surface area contributed by atoms with Gasteiger partial charge in [-0.25, -0.2) is 4.39 Å². The lowest BCUT2D eigenvalue weighted by Crippen LogP contribution is -2.56. The number of hydrogen-bond donors (Lipinski definition) is 0. The van der Waals surface area contributed by atoms with E-state index in [0.717, 1.165) is 0 Å². The molecule has 0 atom stereocenters. The van der Waals surface area contributed by atoms with Gasteiger partial charge in [-0.2, -0.15) is 0 Å². The summed E-state index contributed by atoms with van der Waals surface area (Å²) in [7, 11) is 0. The second-order valence-corrected chi connectivity index (χ2v) is 8.28. The van der Waals surface area contributed by atoms with Gasteiger partial charge in [-0.05, 0) is 50.3 Å². The van der Waals surface area contributed by atoms with Gasteiger partial charge in [-0.3, -0.25) is 4.90 Å². The molecule has 0 spiro atoms. The highest BCUT2D eigenvalue weighted by Gasteiger charge is 2.37. The first-order chi connectivity index (χ1) is 11.9. The van der Waals surface area contributed by atoms with Gasteiger partial charge in [0.15, 0.2) is 0 Å². The zero-order chi connectivity index (χ0) is 21.2. The van der Waals surface area contributed by atoms with E-state index in [0.29, 0.717) is 0 Å². The van der Waals surface area contributed by atoms with Crippen molar-refractivity contribution in [3.8, 4) is 0 Å². The van der Waals surface area contributed by atoms with Gasteiger partial charge in [-0.1, -0.05) is 32.9 Å². The van der Waals surface area contributed by atoms with Crippen LogP contribution in [-0.2, 0) is 16.6 Å². The van der Waals surface area contributed by atoms with Crippen molar-refractivity contribution in [2.75, 3.05) is 13.1 Å². The van der Waals surface area contributed by atoms with Crippen molar-refractivity contribution < 1.29 is 16.0 Å². The van der Waals surface area contributed by atoms with E-state index in [9.17, 15) is 4.39 Å². The number of morpholine rings is 1. The summed E-state index contributed by atoms with van der Waals surface area (Å²) in [5, 5.41) is 0. The summed E-state index contributed by atoms with van der Waals surface area (Å²) in [6.07, 6.45) is 0. The number of benzene rings is 1. The fourth-order valence-electron chi connectivity index (χ4n) is 2.98. The first-order valence-electron chi connectivity index (χ1n) is 10.2.